The van der Waals surface area contributed by atoms with Crippen molar-refractivity contribution in [3.63, 3.8) is 0 Å². The van der Waals surface area contributed by atoms with Gasteiger partial charge in [-0.2, -0.15) is 0 Å². The van der Waals surface area contributed by atoms with Crippen LogP contribution in [0.4, 0.5) is 4.39 Å². The van der Waals surface area contributed by atoms with E-state index in [4.69, 9.17) is 0 Å². The third-order valence-electron chi connectivity index (χ3n) is 5.96. The van der Waals surface area contributed by atoms with Crippen molar-refractivity contribution in [3.05, 3.63) is 58.0 Å². The summed E-state index contributed by atoms with van der Waals surface area (Å²) in [7, 11) is 0. The summed E-state index contributed by atoms with van der Waals surface area (Å²) in [5.41, 5.74) is 0.859. The summed E-state index contributed by atoms with van der Waals surface area (Å²) < 4.78 is 13.3. The van der Waals surface area contributed by atoms with Crippen LogP contribution in [0.2, 0.25) is 0 Å². The van der Waals surface area contributed by atoms with Crippen molar-refractivity contribution in [2.75, 3.05) is 32.7 Å². The Hall–Kier alpha value is -2.29. The zero-order chi connectivity index (χ0) is 21.8. The van der Waals surface area contributed by atoms with Crippen LogP contribution in [0.3, 0.4) is 0 Å². The molecule has 2 aromatic rings. The smallest absolute Gasteiger partial charge is 0.237 e. The number of nitrogens with one attached hydrogen (secondary N) is 2. The average Bonchev–Trinajstić information content (AvgIpc) is 3.41. The molecule has 2 heterocycles. The fourth-order valence-electron chi connectivity index (χ4n) is 3.86. The predicted molar refractivity (Wildman–Crippen MR) is 119 cm³/mol. The molecule has 1 aromatic carbocycles. The van der Waals surface area contributed by atoms with Gasteiger partial charge in [-0.15, -0.1) is 11.3 Å². The minimum Gasteiger partial charge on any atom is -0.352 e. The molecular formula is C23H29FN4O2S. The van der Waals surface area contributed by atoms with E-state index in [-0.39, 0.29) is 29.7 Å². The molecule has 2 N–H and O–H groups in total. The number of carbonyl (C=O) groups excluding carboxylic acids is 2. The molecule has 1 aliphatic carbocycles. The fraction of sp³-hybridized carbons (Fsp3) is 0.478. The van der Waals surface area contributed by atoms with Crippen LogP contribution in [0, 0.1) is 5.82 Å². The van der Waals surface area contributed by atoms with Gasteiger partial charge >= 0.3 is 0 Å². The minimum absolute atomic E-state index is 0.0595. The molecule has 0 radical (unpaired) electrons. The maximum absolute atomic E-state index is 13.3. The number of amides is 2. The number of halogens is 1. The number of hydrogen-bond acceptors (Lipinski definition) is 5. The van der Waals surface area contributed by atoms with Gasteiger partial charge < -0.3 is 10.6 Å². The number of carbonyl (C=O) groups is 2. The van der Waals surface area contributed by atoms with E-state index < -0.39 is 0 Å². The van der Waals surface area contributed by atoms with E-state index in [1.165, 1.54) is 12.1 Å². The highest BCUT2D eigenvalue weighted by molar-refractivity contribution is 7.10. The Labute approximate surface area is 186 Å². The van der Waals surface area contributed by atoms with Crippen LogP contribution < -0.4 is 10.6 Å². The highest BCUT2D eigenvalue weighted by Gasteiger charge is 2.30. The predicted octanol–water partition coefficient (Wildman–Crippen LogP) is 2.38. The van der Waals surface area contributed by atoms with E-state index >= 15 is 0 Å². The molecule has 31 heavy (non-hydrogen) atoms. The minimum atomic E-state index is -0.294. The molecule has 1 saturated carbocycles. The summed E-state index contributed by atoms with van der Waals surface area (Å²) in [6.07, 6.45) is 2.18. The van der Waals surface area contributed by atoms with Crippen molar-refractivity contribution in [3.8, 4) is 0 Å². The molecule has 6 nitrogen and oxygen atoms in total. The van der Waals surface area contributed by atoms with Crippen LogP contribution in [0.25, 0.3) is 0 Å². The molecule has 2 aliphatic rings. The van der Waals surface area contributed by atoms with Crippen LogP contribution in [0.1, 0.15) is 36.2 Å². The maximum Gasteiger partial charge on any atom is 0.237 e. The number of hydrogen-bond donors (Lipinski definition) is 2. The molecule has 4 rings (SSSR count). The Morgan fingerprint density at radius 2 is 1.84 bits per heavy atom. The van der Waals surface area contributed by atoms with Gasteiger partial charge in [-0.1, -0.05) is 18.2 Å². The van der Waals surface area contributed by atoms with Crippen LogP contribution in [0.15, 0.2) is 41.8 Å². The molecular weight excluding hydrogens is 415 g/mol. The van der Waals surface area contributed by atoms with Gasteiger partial charge in [0, 0.05) is 37.1 Å². The Bertz CT molecular complexity index is 877. The van der Waals surface area contributed by atoms with Crippen LogP contribution in [-0.4, -0.2) is 66.4 Å². The van der Waals surface area contributed by atoms with E-state index in [1.807, 2.05) is 24.4 Å². The second kappa shape index (κ2) is 9.89. The van der Waals surface area contributed by atoms with Crippen molar-refractivity contribution in [1.82, 2.24) is 20.4 Å². The molecule has 166 valence electrons. The van der Waals surface area contributed by atoms with E-state index in [9.17, 15) is 14.0 Å². The summed E-state index contributed by atoms with van der Waals surface area (Å²) in [6.45, 7) is 5.27. The lowest BCUT2D eigenvalue weighted by atomic mass is 10.1. The highest BCUT2D eigenvalue weighted by Crippen LogP contribution is 2.26. The quantitative estimate of drug-likeness (QED) is 0.656. The van der Waals surface area contributed by atoms with Gasteiger partial charge in [-0.3, -0.25) is 19.4 Å². The molecule has 8 heteroatoms. The number of benzene rings is 1. The van der Waals surface area contributed by atoms with Crippen molar-refractivity contribution in [2.24, 2.45) is 0 Å². The van der Waals surface area contributed by atoms with E-state index in [1.54, 1.807) is 23.5 Å². The molecule has 0 spiro atoms. The largest absolute Gasteiger partial charge is 0.352 e. The molecule has 0 bridgehead atoms. The first-order valence-corrected chi connectivity index (χ1v) is 11.7. The fourth-order valence-corrected chi connectivity index (χ4v) is 4.67. The van der Waals surface area contributed by atoms with E-state index in [0.717, 1.165) is 49.5 Å². The first kappa shape index (κ1) is 21.9. The lowest BCUT2D eigenvalue weighted by molar-refractivity contribution is -0.128. The van der Waals surface area contributed by atoms with Gasteiger partial charge in [-0.05, 0) is 48.9 Å². The standard InChI is InChI=1S/C23H29FN4O2S/c1-16(23(30)25-19-8-9-19)28-12-10-27(11-13-28)15-21(29)26-22(20-3-2-14-31-20)17-4-6-18(24)7-5-17/h2-7,14,16,19,22H,8-13,15H2,1H3,(H,25,30)(H,26,29). The first-order valence-electron chi connectivity index (χ1n) is 10.8. The van der Waals surface area contributed by atoms with Gasteiger partial charge in [0.15, 0.2) is 0 Å². The number of piperazine rings is 1. The topological polar surface area (TPSA) is 64.7 Å². The average molecular weight is 445 g/mol. The lowest BCUT2D eigenvalue weighted by Gasteiger charge is -2.37. The van der Waals surface area contributed by atoms with Crippen molar-refractivity contribution in [1.29, 1.82) is 0 Å². The van der Waals surface area contributed by atoms with Gasteiger partial charge in [0.25, 0.3) is 0 Å². The normalized spacial score (nSPS) is 19.5. The SMILES string of the molecule is CC(C(=O)NC1CC1)N1CCN(CC(=O)NC(c2ccc(F)cc2)c2cccs2)CC1. The molecule has 2 atom stereocenters. The van der Waals surface area contributed by atoms with Gasteiger partial charge in [-0.25, -0.2) is 4.39 Å². The highest BCUT2D eigenvalue weighted by atomic mass is 32.1. The summed E-state index contributed by atoms with van der Waals surface area (Å²) in [5, 5.41) is 8.15. The summed E-state index contributed by atoms with van der Waals surface area (Å²) in [5.74, 6) is -0.250. The Morgan fingerprint density at radius 1 is 1.13 bits per heavy atom. The van der Waals surface area contributed by atoms with Gasteiger partial charge in [0.2, 0.25) is 11.8 Å². The van der Waals surface area contributed by atoms with Crippen LogP contribution in [-0.2, 0) is 9.59 Å². The molecule has 2 amide bonds. The molecule has 2 fully saturated rings. The Morgan fingerprint density at radius 3 is 2.45 bits per heavy atom. The van der Waals surface area contributed by atoms with Crippen molar-refractivity contribution in [2.45, 2.75) is 37.9 Å². The number of thiophene rings is 1. The molecule has 1 saturated heterocycles. The second-order valence-corrected chi connectivity index (χ2v) is 9.32. The van der Waals surface area contributed by atoms with Gasteiger partial charge in [0.05, 0.1) is 18.6 Å². The lowest BCUT2D eigenvalue weighted by Crippen LogP contribution is -2.55. The molecule has 1 aromatic heterocycles. The monoisotopic (exact) mass is 444 g/mol. The third-order valence-corrected chi connectivity index (χ3v) is 6.90. The summed E-state index contributed by atoms with van der Waals surface area (Å²) in [6, 6.07) is 10.1. The van der Waals surface area contributed by atoms with Crippen molar-refractivity contribution < 1.29 is 14.0 Å². The van der Waals surface area contributed by atoms with E-state index in [0.29, 0.717) is 12.6 Å². The zero-order valence-corrected chi connectivity index (χ0v) is 18.5. The van der Waals surface area contributed by atoms with Gasteiger partial charge in [0.1, 0.15) is 5.82 Å². The second-order valence-electron chi connectivity index (χ2n) is 8.34. The van der Waals surface area contributed by atoms with Crippen LogP contribution in [0.5, 0.6) is 0 Å². The first-order chi connectivity index (χ1) is 15.0. The number of rotatable bonds is 8. The summed E-state index contributed by atoms with van der Waals surface area (Å²) >= 11 is 1.57. The zero-order valence-electron chi connectivity index (χ0n) is 17.7. The van der Waals surface area contributed by atoms with E-state index in [2.05, 4.69) is 20.4 Å². The number of nitrogens with zero attached hydrogens (tertiary/aromatic N) is 2. The third kappa shape index (κ3) is 5.90. The van der Waals surface area contributed by atoms with Crippen molar-refractivity contribution >= 4 is 23.2 Å². The summed E-state index contributed by atoms with van der Waals surface area (Å²) in [4.78, 5) is 30.4. The van der Waals surface area contributed by atoms with Crippen LogP contribution >= 0.6 is 11.3 Å². The Balaban J connectivity index is 1.29. The molecule has 1 aliphatic heterocycles. The molecule has 2 unspecified atom stereocenters. The Kier molecular flexibility index (Phi) is 6.99. The maximum atomic E-state index is 13.3.